The molecule has 1 amide bonds. The number of hydrogen-bond donors (Lipinski definition) is 2. The SMILES string of the molecule is COc1ccc(C(=O)Oc2ccccc2C=NNC(=O)c2[nH]c3c(C)cc(C)cc3c2-c2ccccc2)cc1. The van der Waals surface area contributed by atoms with E-state index in [1.807, 2.05) is 44.2 Å². The van der Waals surface area contributed by atoms with E-state index in [2.05, 4.69) is 27.6 Å². The van der Waals surface area contributed by atoms with Crippen LogP contribution in [0.3, 0.4) is 0 Å². The molecule has 39 heavy (non-hydrogen) atoms. The molecule has 0 aliphatic rings. The number of nitrogens with zero attached hydrogens (tertiary/aromatic N) is 1. The molecule has 0 bridgehead atoms. The number of benzene rings is 4. The highest BCUT2D eigenvalue weighted by Crippen LogP contribution is 2.34. The molecule has 1 aromatic heterocycles. The summed E-state index contributed by atoms with van der Waals surface area (Å²) in [6.45, 7) is 4.06. The zero-order chi connectivity index (χ0) is 27.4. The van der Waals surface area contributed by atoms with Crippen LogP contribution in [0.5, 0.6) is 11.5 Å². The van der Waals surface area contributed by atoms with E-state index in [1.165, 1.54) is 6.21 Å². The number of para-hydroxylation sites is 1. The average molecular weight is 518 g/mol. The molecule has 0 radical (unpaired) electrons. The second-order valence-corrected chi connectivity index (χ2v) is 9.10. The molecule has 0 unspecified atom stereocenters. The number of aromatic amines is 1. The van der Waals surface area contributed by atoms with Gasteiger partial charge < -0.3 is 14.5 Å². The number of nitrogens with one attached hydrogen (secondary N) is 2. The third kappa shape index (κ3) is 5.43. The number of hydrazone groups is 1. The van der Waals surface area contributed by atoms with E-state index in [4.69, 9.17) is 9.47 Å². The number of H-pyrrole nitrogens is 1. The van der Waals surface area contributed by atoms with Crippen LogP contribution in [-0.4, -0.2) is 30.2 Å². The van der Waals surface area contributed by atoms with Gasteiger partial charge in [-0.2, -0.15) is 5.10 Å². The van der Waals surface area contributed by atoms with Gasteiger partial charge in [-0.1, -0.05) is 54.1 Å². The van der Waals surface area contributed by atoms with E-state index in [0.717, 1.165) is 33.2 Å². The number of aryl methyl sites for hydroxylation is 2. The molecular weight excluding hydrogens is 490 g/mol. The first-order valence-electron chi connectivity index (χ1n) is 12.4. The Kier molecular flexibility index (Phi) is 7.23. The van der Waals surface area contributed by atoms with Crippen molar-refractivity contribution < 1.29 is 19.1 Å². The number of hydrogen-bond acceptors (Lipinski definition) is 5. The van der Waals surface area contributed by atoms with Crippen molar-refractivity contribution in [2.75, 3.05) is 7.11 Å². The summed E-state index contributed by atoms with van der Waals surface area (Å²) in [5, 5.41) is 5.15. The maximum Gasteiger partial charge on any atom is 0.343 e. The first kappa shape index (κ1) is 25.5. The van der Waals surface area contributed by atoms with Crippen molar-refractivity contribution in [1.82, 2.24) is 10.4 Å². The lowest BCUT2D eigenvalue weighted by molar-refractivity contribution is 0.0734. The third-order valence-corrected chi connectivity index (χ3v) is 6.36. The summed E-state index contributed by atoms with van der Waals surface area (Å²) in [6.07, 6.45) is 1.45. The number of amides is 1. The van der Waals surface area contributed by atoms with Crippen molar-refractivity contribution in [3.63, 3.8) is 0 Å². The number of carbonyl (C=O) groups is 2. The van der Waals surface area contributed by atoms with Crippen molar-refractivity contribution in [1.29, 1.82) is 0 Å². The molecule has 0 aliphatic heterocycles. The summed E-state index contributed by atoms with van der Waals surface area (Å²) in [4.78, 5) is 29.3. The molecule has 194 valence electrons. The summed E-state index contributed by atoms with van der Waals surface area (Å²) in [7, 11) is 1.56. The molecule has 7 heteroatoms. The van der Waals surface area contributed by atoms with Gasteiger partial charge in [0.1, 0.15) is 17.2 Å². The molecule has 7 nitrogen and oxygen atoms in total. The lowest BCUT2D eigenvalue weighted by atomic mass is 9.99. The fraction of sp³-hybridized carbons (Fsp3) is 0.0938. The first-order chi connectivity index (χ1) is 18.9. The lowest BCUT2D eigenvalue weighted by Crippen LogP contribution is -2.19. The van der Waals surface area contributed by atoms with Crippen molar-refractivity contribution in [2.45, 2.75) is 13.8 Å². The predicted octanol–water partition coefficient (Wildman–Crippen LogP) is 6.44. The number of aromatic nitrogens is 1. The highest BCUT2D eigenvalue weighted by atomic mass is 16.5. The Morgan fingerprint density at radius 2 is 1.62 bits per heavy atom. The molecule has 5 rings (SSSR count). The topological polar surface area (TPSA) is 92.8 Å². The number of fused-ring (bicyclic) bond motifs is 1. The second kappa shape index (κ2) is 11.1. The number of ether oxygens (including phenoxy) is 2. The lowest BCUT2D eigenvalue weighted by Gasteiger charge is -2.08. The van der Waals surface area contributed by atoms with Crippen LogP contribution in [-0.2, 0) is 0 Å². The fourth-order valence-electron chi connectivity index (χ4n) is 4.51. The Morgan fingerprint density at radius 3 is 2.36 bits per heavy atom. The first-order valence-corrected chi connectivity index (χ1v) is 12.4. The van der Waals surface area contributed by atoms with E-state index in [0.29, 0.717) is 28.3 Å². The predicted molar refractivity (Wildman–Crippen MR) is 153 cm³/mol. The zero-order valence-electron chi connectivity index (χ0n) is 21.8. The molecule has 1 heterocycles. The van der Waals surface area contributed by atoms with Crippen molar-refractivity contribution in [3.8, 4) is 22.6 Å². The summed E-state index contributed by atoms with van der Waals surface area (Å²) >= 11 is 0. The zero-order valence-corrected chi connectivity index (χ0v) is 21.8. The Morgan fingerprint density at radius 1 is 0.897 bits per heavy atom. The van der Waals surface area contributed by atoms with Crippen LogP contribution >= 0.6 is 0 Å². The van der Waals surface area contributed by atoms with Gasteiger partial charge in [0.25, 0.3) is 5.91 Å². The Bertz CT molecular complexity index is 1690. The van der Waals surface area contributed by atoms with E-state index in [-0.39, 0.29) is 5.91 Å². The van der Waals surface area contributed by atoms with Gasteiger partial charge in [0, 0.05) is 22.0 Å². The quantitative estimate of drug-likeness (QED) is 0.112. The van der Waals surface area contributed by atoms with Gasteiger partial charge in [0.2, 0.25) is 0 Å². The Hall–Kier alpha value is -5.17. The number of esters is 1. The van der Waals surface area contributed by atoms with Gasteiger partial charge >= 0.3 is 5.97 Å². The summed E-state index contributed by atoms with van der Waals surface area (Å²) in [6, 6.07) is 27.6. The van der Waals surface area contributed by atoms with Crippen LogP contribution in [0, 0.1) is 13.8 Å². The normalized spacial score (nSPS) is 11.1. The van der Waals surface area contributed by atoms with Gasteiger partial charge in [0.15, 0.2) is 0 Å². The molecule has 5 aromatic rings. The Labute approximate surface area is 226 Å². The second-order valence-electron chi connectivity index (χ2n) is 9.10. The van der Waals surface area contributed by atoms with E-state index in [1.54, 1.807) is 55.6 Å². The molecule has 0 spiro atoms. The largest absolute Gasteiger partial charge is 0.497 e. The van der Waals surface area contributed by atoms with Gasteiger partial charge in [-0.25, -0.2) is 10.2 Å². The van der Waals surface area contributed by atoms with Gasteiger partial charge in [-0.15, -0.1) is 0 Å². The summed E-state index contributed by atoms with van der Waals surface area (Å²) < 4.78 is 10.7. The maximum absolute atomic E-state index is 13.3. The molecule has 0 saturated carbocycles. The van der Waals surface area contributed by atoms with Crippen LogP contribution in [0.1, 0.15) is 37.5 Å². The number of carbonyl (C=O) groups excluding carboxylic acids is 2. The Balaban J connectivity index is 1.39. The molecule has 0 aliphatic carbocycles. The van der Waals surface area contributed by atoms with E-state index in [9.17, 15) is 9.59 Å². The molecule has 2 N–H and O–H groups in total. The van der Waals surface area contributed by atoms with Crippen LogP contribution in [0.2, 0.25) is 0 Å². The van der Waals surface area contributed by atoms with Crippen molar-refractivity contribution in [3.05, 3.63) is 119 Å². The van der Waals surface area contributed by atoms with E-state index >= 15 is 0 Å². The standard InChI is InChI=1S/C32H27N3O4/c1-20-17-21(2)29-26(18-20)28(22-9-5-4-6-10-22)30(34-29)31(36)35-33-19-24-11-7-8-12-27(24)39-32(37)23-13-15-25(38-3)16-14-23/h4-19,34H,1-3H3,(H,35,36). The van der Waals surface area contributed by atoms with Crippen molar-refractivity contribution >= 4 is 29.0 Å². The highest BCUT2D eigenvalue weighted by Gasteiger charge is 2.20. The fourth-order valence-corrected chi connectivity index (χ4v) is 4.51. The van der Waals surface area contributed by atoms with Crippen LogP contribution in [0.25, 0.3) is 22.0 Å². The maximum atomic E-state index is 13.3. The minimum atomic E-state index is -0.515. The monoisotopic (exact) mass is 517 g/mol. The minimum absolute atomic E-state index is 0.318. The van der Waals surface area contributed by atoms with Gasteiger partial charge in [-0.3, -0.25) is 4.79 Å². The highest BCUT2D eigenvalue weighted by molar-refractivity contribution is 6.10. The molecule has 0 atom stereocenters. The van der Waals surface area contributed by atoms with Crippen molar-refractivity contribution in [2.24, 2.45) is 5.10 Å². The van der Waals surface area contributed by atoms with Crippen LogP contribution < -0.4 is 14.9 Å². The van der Waals surface area contributed by atoms with Crippen LogP contribution in [0.15, 0.2) is 96.1 Å². The molecular formula is C32H27N3O4. The third-order valence-electron chi connectivity index (χ3n) is 6.36. The van der Waals surface area contributed by atoms with Crippen LogP contribution in [0.4, 0.5) is 0 Å². The summed E-state index contributed by atoms with van der Waals surface area (Å²) in [5.41, 5.74) is 8.78. The minimum Gasteiger partial charge on any atom is -0.497 e. The molecule has 0 saturated heterocycles. The molecule has 0 fully saturated rings. The number of methoxy groups -OCH3 is 1. The number of rotatable bonds is 7. The van der Waals surface area contributed by atoms with Gasteiger partial charge in [-0.05, 0) is 67.4 Å². The smallest absolute Gasteiger partial charge is 0.343 e. The van der Waals surface area contributed by atoms with E-state index < -0.39 is 5.97 Å². The average Bonchev–Trinajstić information content (AvgIpc) is 3.34. The van der Waals surface area contributed by atoms with Gasteiger partial charge in [0.05, 0.1) is 18.9 Å². The summed E-state index contributed by atoms with van der Waals surface area (Å²) in [5.74, 6) is 0.0633. The molecule has 4 aromatic carbocycles.